The number of nitrogens with zero attached hydrogens (tertiary/aromatic N) is 1. The van der Waals surface area contributed by atoms with Crippen LogP contribution in [-0.4, -0.2) is 29.8 Å². The van der Waals surface area contributed by atoms with Crippen molar-refractivity contribution in [1.29, 1.82) is 0 Å². The number of halogens is 1. The summed E-state index contributed by atoms with van der Waals surface area (Å²) in [4.78, 5) is 13.7. The molecule has 0 atom stereocenters. The third kappa shape index (κ3) is 2.39. The molecule has 0 aliphatic heterocycles. The van der Waals surface area contributed by atoms with Crippen molar-refractivity contribution in [1.82, 2.24) is 4.90 Å². The van der Waals surface area contributed by atoms with Crippen LogP contribution in [0.2, 0.25) is 0 Å². The molecule has 0 saturated carbocycles. The number of likely N-dealkylation sites (N-methyl/N-ethyl adjacent to an activating group) is 1. The Labute approximate surface area is 87.9 Å². The summed E-state index contributed by atoms with van der Waals surface area (Å²) in [5.41, 5.74) is 0.535. The van der Waals surface area contributed by atoms with Gasteiger partial charge in [0.2, 0.25) is 0 Å². The Kier molecular flexibility index (Phi) is 3.22. The fourth-order valence-electron chi connectivity index (χ4n) is 0.999. The molecule has 0 aromatic heterocycles. The highest BCUT2D eigenvalue weighted by Gasteiger charge is 2.18. The average Bonchev–Trinajstić information content (AvgIpc) is 2.08. The Morgan fingerprint density at radius 2 is 2.23 bits per heavy atom. The van der Waals surface area contributed by atoms with Crippen molar-refractivity contribution in [2.45, 2.75) is 6.42 Å². The van der Waals surface area contributed by atoms with E-state index in [0.29, 0.717) is 21.9 Å². The van der Waals surface area contributed by atoms with E-state index >= 15 is 0 Å². The maximum Gasteiger partial charge on any atom is 0.254 e. The van der Waals surface area contributed by atoms with Gasteiger partial charge in [0.05, 0.1) is 5.57 Å². The highest BCUT2D eigenvalue weighted by atomic mass is 35.5. The van der Waals surface area contributed by atoms with Crippen LogP contribution in [0.4, 0.5) is 0 Å². The highest BCUT2D eigenvalue weighted by molar-refractivity contribution is 7.81. The van der Waals surface area contributed by atoms with E-state index in [0.717, 1.165) is 0 Å². The number of thiocarbonyl (C=S) groups is 1. The van der Waals surface area contributed by atoms with Crippen LogP contribution >= 0.6 is 23.8 Å². The van der Waals surface area contributed by atoms with E-state index in [4.69, 9.17) is 23.8 Å². The van der Waals surface area contributed by atoms with Gasteiger partial charge in [0.1, 0.15) is 0 Å². The number of carbonyl (C=O) groups excluding carboxylic acids is 1. The summed E-state index contributed by atoms with van der Waals surface area (Å²) in [7, 11) is 3.38. The summed E-state index contributed by atoms with van der Waals surface area (Å²) in [5, 5.41) is 0.582. The lowest BCUT2D eigenvalue weighted by atomic mass is 10.0. The summed E-state index contributed by atoms with van der Waals surface area (Å²) < 4.78 is 0. The molecule has 1 aliphatic rings. The Bertz CT molecular complexity index is 318. The molecule has 1 rings (SSSR count). The van der Waals surface area contributed by atoms with Gasteiger partial charge in [-0.15, -0.1) is 0 Å². The van der Waals surface area contributed by atoms with Crippen molar-refractivity contribution >= 4 is 34.6 Å². The minimum absolute atomic E-state index is 0.0868. The summed E-state index contributed by atoms with van der Waals surface area (Å²) in [6, 6.07) is 0. The fraction of sp³-hybridized carbons (Fsp3) is 0.333. The van der Waals surface area contributed by atoms with Gasteiger partial charge in [-0.05, 0) is 6.08 Å². The van der Waals surface area contributed by atoms with E-state index in [2.05, 4.69) is 0 Å². The van der Waals surface area contributed by atoms with Crippen LogP contribution in [-0.2, 0) is 4.79 Å². The molecule has 0 bridgehead atoms. The number of allylic oxidation sites excluding steroid dienone is 3. The lowest BCUT2D eigenvalue weighted by molar-refractivity contribution is -0.124. The number of hydrogen-bond acceptors (Lipinski definition) is 2. The molecule has 0 aromatic carbocycles. The van der Waals surface area contributed by atoms with Crippen molar-refractivity contribution in [2.75, 3.05) is 14.1 Å². The molecule has 70 valence electrons. The molecule has 0 heterocycles. The molecular formula is C9H10ClNOS. The molecule has 0 N–H and O–H groups in total. The van der Waals surface area contributed by atoms with E-state index in [1.807, 2.05) is 0 Å². The fourth-order valence-corrected chi connectivity index (χ4v) is 1.42. The first kappa shape index (κ1) is 10.4. The molecule has 2 nitrogen and oxygen atoms in total. The molecule has 1 amide bonds. The lowest BCUT2D eigenvalue weighted by Gasteiger charge is -2.15. The van der Waals surface area contributed by atoms with Gasteiger partial charge < -0.3 is 4.90 Å². The summed E-state index contributed by atoms with van der Waals surface area (Å²) in [6.07, 6.45) is 4.01. The molecule has 0 spiro atoms. The Hall–Kier alpha value is -0.670. The van der Waals surface area contributed by atoms with Crippen LogP contribution in [0, 0.1) is 0 Å². The summed E-state index contributed by atoms with van der Waals surface area (Å²) in [5.74, 6) is -0.0868. The molecule has 0 radical (unpaired) electrons. The van der Waals surface area contributed by atoms with Crippen molar-refractivity contribution < 1.29 is 4.79 Å². The Morgan fingerprint density at radius 1 is 1.62 bits per heavy atom. The summed E-state index contributed by atoms with van der Waals surface area (Å²) >= 11 is 10.8. The van der Waals surface area contributed by atoms with Crippen LogP contribution in [0.3, 0.4) is 0 Å². The summed E-state index contributed by atoms with van der Waals surface area (Å²) in [6.45, 7) is 0. The molecule has 0 unspecified atom stereocenters. The molecular weight excluding hydrogens is 206 g/mol. The second kappa shape index (κ2) is 4.03. The third-order valence-corrected chi connectivity index (χ3v) is 2.35. The van der Waals surface area contributed by atoms with Crippen LogP contribution < -0.4 is 0 Å². The van der Waals surface area contributed by atoms with E-state index < -0.39 is 0 Å². The topological polar surface area (TPSA) is 20.3 Å². The SMILES string of the molecule is CN(C)C(=O)C1=CC(Cl)=CCC1=S. The van der Waals surface area contributed by atoms with Crippen molar-refractivity contribution in [3.8, 4) is 0 Å². The normalized spacial score (nSPS) is 16.4. The van der Waals surface area contributed by atoms with Gasteiger partial charge in [-0.2, -0.15) is 0 Å². The first-order valence-electron chi connectivity index (χ1n) is 3.84. The van der Waals surface area contributed by atoms with Crippen LogP contribution in [0.5, 0.6) is 0 Å². The van der Waals surface area contributed by atoms with Crippen molar-refractivity contribution in [2.24, 2.45) is 0 Å². The van der Waals surface area contributed by atoms with Crippen molar-refractivity contribution in [3.63, 3.8) is 0 Å². The van der Waals surface area contributed by atoms with E-state index in [1.54, 1.807) is 26.2 Å². The number of carbonyl (C=O) groups is 1. The zero-order chi connectivity index (χ0) is 10.0. The first-order chi connectivity index (χ1) is 6.02. The molecule has 4 heteroatoms. The van der Waals surface area contributed by atoms with Gasteiger partial charge in [0.15, 0.2) is 0 Å². The van der Waals surface area contributed by atoms with Gasteiger partial charge in [0.25, 0.3) is 5.91 Å². The van der Waals surface area contributed by atoms with Crippen molar-refractivity contribution in [3.05, 3.63) is 22.8 Å². The van der Waals surface area contributed by atoms with E-state index in [1.165, 1.54) is 4.90 Å². The smallest absolute Gasteiger partial charge is 0.254 e. The molecule has 1 aliphatic carbocycles. The van der Waals surface area contributed by atoms with Crippen LogP contribution in [0.15, 0.2) is 22.8 Å². The predicted octanol–water partition coefficient (Wildman–Crippen LogP) is 1.90. The average molecular weight is 216 g/mol. The van der Waals surface area contributed by atoms with Gasteiger partial charge >= 0.3 is 0 Å². The number of amides is 1. The molecule has 0 fully saturated rings. The van der Waals surface area contributed by atoms with E-state index in [-0.39, 0.29) is 5.91 Å². The zero-order valence-electron chi connectivity index (χ0n) is 7.50. The van der Waals surface area contributed by atoms with Crippen LogP contribution in [0.1, 0.15) is 6.42 Å². The Morgan fingerprint density at radius 3 is 2.77 bits per heavy atom. The number of hydrogen-bond donors (Lipinski definition) is 0. The van der Waals surface area contributed by atoms with E-state index in [9.17, 15) is 4.79 Å². The maximum atomic E-state index is 11.5. The quantitative estimate of drug-likeness (QED) is 0.623. The molecule has 13 heavy (non-hydrogen) atoms. The van der Waals surface area contributed by atoms with Gasteiger partial charge in [-0.25, -0.2) is 0 Å². The largest absolute Gasteiger partial charge is 0.345 e. The van der Waals surface area contributed by atoms with Gasteiger partial charge in [-0.1, -0.05) is 29.9 Å². The number of rotatable bonds is 1. The van der Waals surface area contributed by atoms with Gasteiger partial charge in [0, 0.05) is 30.4 Å². The molecule has 0 aromatic rings. The van der Waals surface area contributed by atoms with Crippen LogP contribution in [0.25, 0.3) is 0 Å². The standard InChI is InChI=1S/C9H10ClNOS/c1-11(2)9(12)7-5-6(10)3-4-8(7)13/h3,5H,4H2,1-2H3. The Balaban J connectivity index is 2.95. The second-order valence-electron chi connectivity index (χ2n) is 2.97. The highest BCUT2D eigenvalue weighted by Crippen LogP contribution is 2.19. The second-order valence-corrected chi connectivity index (χ2v) is 3.90. The monoisotopic (exact) mass is 215 g/mol. The van der Waals surface area contributed by atoms with Gasteiger partial charge in [-0.3, -0.25) is 4.79 Å². The molecule has 0 saturated heterocycles. The zero-order valence-corrected chi connectivity index (χ0v) is 9.08. The lowest BCUT2D eigenvalue weighted by Crippen LogP contribution is -2.27. The maximum absolute atomic E-state index is 11.5. The minimum atomic E-state index is -0.0868. The minimum Gasteiger partial charge on any atom is -0.345 e. The third-order valence-electron chi connectivity index (χ3n) is 1.70. The first-order valence-corrected chi connectivity index (χ1v) is 4.63. The predicted molar refractivity (Wildman–Crippen MR) is 57.9 cm³/mol.